The first-order valence-corrected chi connectivity index (χ1v) is 13.3. The molecule has 2 heterocycles. The summed E-state index contributed by atoms with van der Waals surface area (Å²) in [6.07, 6.45) is -3.62. The van der Waals surface area contributed by atoms with E-state index < -0.39 is 79.0 Å². The average Bonchev–Trinajstić information content (AvgIpc) is 3.01. The van der Waals surface area contributed by atoms with Crippen molar-refractivity contribution in [2.45, 2.75) is 49.7 Å². The van der Waals surface area contributed by atoms with Crippen LogP contribution in [0.25, 0.3) is 11.2 Å². The van der Waals surface area contributed by atoms with Crippen LogP contribution in [0.2, 0.25) is 0 Å². The van der Waals surface area contributed by atoms with Crippen molar-refractivity contribution in [3.63, 3.8) is 0 Å². The third-order valence-electron chi connectivity index (χ3n) is 6.46. The third-order valence-corrected chi connectivity index (χ3v) is 6.46. The highest BCUT2D eigenvalue weighted by atomic mass is 16.4. The summed E-state index contributed by atoms with van der Waals surface area (Å²) in [5, 5.41) is 41.5. The minimum absolute atomic E-state index is 0.00308. The molecule has 244 valence electrons. The molecule has 3 rings (SSSR count). The van der Waals surface area contributed by atoms with Gasteiger partial charge in [-0.3, -0.25) is 24.2 Å². The molecule has 0 spiro atoms. The molecule has 0 fully saturated rings. The molecule has 46 heavy (non-hydrogen) atoms. The van der Waals surface area contributed by atoms with Crippen LogP contribution in [0, 0.1) is 9.81 Å². The number of carboxylic acid groups (broad SMARTS) is 1. The number of nitrogen functional groups attached to an aromatic ring is 1. The van der Waals surface area contributed by atoms with E-state index in [-0.39, 0.29) is 29.2 Å². The Labute approximate surface area is 257 Å². The number of aliphatic hydroxyl groups is 2. The SMILES string of the molecule is NC(=O)[C@@H](NC(=O)CC[C@H](NC(=O)c1ccc(NCc2cnc3nc(N)[nH]c(=O)c3n2)cc1)C(=O)O)[C@@H](N=O)[C@H](O)[C@H](O)CN=O. The summed E-state index contributed by atoms with van der Waals surface area (Å²) in [5.41, 5.74) is 11.2. The highest BCUT2D eigenvalue weighted by molar-refractivity contribution is 5.97. The standard InChI is InChI=1S/C25H29N11O10/c26-20(40)17(16(36-46)19(39)14(37)9-30-45)33-15(38)6-5-13(24(43)44)32-22(41)10-1-3-11(4-2-10)28-7-12-8-29-21-18(31-12)23(42)35-25(27)34-21/h1-4,8,13-14,16-17,19,28,37,39H,5-7,9H2,(H2,26,40)(H,32,41)(H,33,38)(H,43,44)(H3,27,29,34,35,42)/t13-,14+,16+,17-,19+/m0/s1. The Morgan fingerprint density at radius 1 is 1.04 bits per heavy atom. The molecule has 5 atom stereocenters. The Bertz CT molecular complexity index is 1670. The molecule has 1 aromatic carbocycles. The van der Waals surface area contributed by atoms with Gasteiger partial charge in [-0.2, -0.15) is 14.8 Å². The number of nitrogens with one attached hydrogen (secondary N) is 4. The summed E-state index contributed by atoms with van der Waals surface area (Å²) in [6, 6.07) is 0.381. The van der Waals surface area contributed by atoms with E-state index >= 15 is 0 Å². The molecular formula is C25H29N11O10. The number of hydrogen-bond acceptors (Lipinski definition) is 16. The molecule has 0 aliphatic rings. The highest BCUT2D eigenvalue weighted by Gasteiger charge is 2.38. The van der Waals surface area contributed by atoms with Crippen molar-refractivity contribution in [2.24, 2.45) is 16.1 Å². The van der Waals surface area contributed by atoms with Crippen LogP contribution in [0.1, 0.15) is 28.9 Å². The zero-order chi connectivity index (χ0) is 34.0. The number of rotatable bonds is 17. The maximum absolute atomic E-state index is 12.7. The zero-order valence-electron chi connectivity index (χ0n) is 23.7. The molecule has 21 heteroatoms. The topological polar surface area (TPSA) is 347 Å². The van der Waals surface area contributed by atoms with Crippen LogP contribution in [-0.4, -0.2) is 95.8 Å². The highest BCUT2D eigenvalue weighted by Crippen LogP contribution is 2.14. The van der Waals surface area contributed by atoms with Crippen molar-refractivity contribution in [1.29, 1.82) is 0 Å². The van der Waals surface area contributed by atoms with Crippen LogP contribution in [-0.2, 0) is 20.9 Å². The number of primary amides is 1. The van der Waals surface area contributed by atoms with E-state index in [4.69, 9.17) is 11.5 Å². The fraction of sp³-hybridized carbons (Fsp3) is 0.360. The van der Waals surface area contributed by atoms with Crippen LogP contribution in [0.5, 0.6) is 0 Å². The fourth-order valence-corrected chi connectivity index (χ4v) is 4.07. The predicted octanol–water partition coefficient (Wildman–Crippen LogP) is -2.54. The number of aromatic amines is 1. The molecule has 21 nitrogen and oxygen atoms in total. The molecule has 0 saturated carbocycles. The number of amides is 3. The Morgan fingerprint density at radius 3 is 2.35 bits per heavy atom. The number of aliphatic hydroxyl groups excluding tert-OH is 2. The first-order chi connectivity index (χ1) is 21.8. The molecule has 0 unspecified atom stereocenters. The predicted molar refractivity (Wildman–Crippen MR) is 158 cm³/mol. The van der Waals surface area contributed by atoms with Crippen molar-refractivity contribution in [3.05, 3.63) is 61.9 Å². The number of aromatic nitrogens is 4. The summed E-state index contributed by atoms with van der Waals surface area (Å²) < 4.78 is 0. The molecule has 0 aliphatic carbocycles. The van der Waals surface area contributed by atoms with E-state index in [1.165, 1.54) is 30.5 Å². The van der Waals surface area contributed by atoms with E-state index in [2.05, 4.69) is 40.9 Å². The van der Waals surface area contributed by atoms with E-state index in [9.17, 15) is 49.1 Å². The van der Waals surface area contributed by atoms with Gasteiger partial charge >= 0.3 is 5.97 Å². The van der Waals surface area contributed by atoms with E-state index in [1.807, 2.05) is 5.32 Å². The number of carboxylic acids is 1. The molecule has 11 N–H and O–H groups in total. The summed E-state index contributed by atoms with van der Waals surface area (Å²) >= 11 is 0. The summed E-state index contributed by atoms with van der Waals surface area (Å²) in [5.74, 6) is -4.67. The zero-order valence-corrected chi connectivity index (χ0v) is 23.7. The van der Waals surface area contributed by atoms with Gasteiger partial charge in [-0.1, -0.05) is 10.4 Å². The van der Waals surface area contributed by atoms with Crippen LogP contribution >= 0.6 is 0 Å². The Morgan fingerprint density at radius 2 is 1.74 bits per heavy atom. The number of aliphatic carboxylic acids is 1. The Hall–Kier alpha value is -5.96. The monoisotopic (exact) mass is 643 g/mol. The van der Waals surface area contributed by atoms with Gasteiger partial charge in [-0.25, -0.2) is 14.8 Å². The van der Waals surface area contributed by atoms with Gasteiger partial charge in [0.05, 0.1) is 18.4 Å². The molecular weight excluding hydrogens is 614 g/mol. The van der Waals surface area contributed by atoms with Gasteiger partial charge in [0.25, 0.3) is 11.5 Å². The second-order valence-corrected chi connectivity index (χ2v) is 9.73. The van der Waals surface area contributed by atoms with Gasteiger partial charge in [0.2, 0.25) is 17.8 Å². The number of H-pyrrole nitrogens is 1. The Kier molecular flexibility index (Phi) is 11.8. The molecule has 3 aromatic rings. The van der Waals surface area contributed by atoms with Gasteiger partial charge in [0.1, 0.15) is 36.9 Å². The largest absolute Gasteiger partial charge is 0.480 e. The average molecular weight is 644 g/mol. The number of fused-ring (bicyclic) bond motifs is 1. The number of nitrogens with two attached hydrogens (primary N) is 2. The molecule has 3 amide bonds. The lowest BCUT2D eigenvalue weighted by atomic mass is 9.97. The second kappa shape index (κ2) is 15.7. The first-order valence-electron chi connectivity index (χ1n) is 13.3. The van der Waals surface area contributed by atoms with Gasteiger partial charge in [-0.05, 0) is 30.7 Å². The van der Waals surface area contributed by atoms with E-state index in [0.717, 1.165) is 0 Å². The van der Waals surface area contributed by atoms with E-state index in [0.29, 0.717) is 11.4 Å². The number of carbonyl (C=O) groups is 4. The molecule has 0 radical (unpaired) electrons. The van der Waals surface area contributed by atoms with Crippen molar-refractivity contribution in [3.8, 4) is 0 Å². The number of anilines is 2. The number of nitrogens with zero attached hydrogens (tertiary/aromatic N) is 5. The lowest BCUT2D eigenvalue weighted by Gasteiger charge is -2.26. The smallest absolute Gasteiger partial charge is 0.326 e. The first kappa shape index (κ1) is 34.5. The number of carbonyl (C=O) groups excluding carboxylic acids is 3. The Balaban J connectivity index is 1.57. The van der Waals surface area contributed by atoms with Crippen molar-refractivity contribution >= 4 is 46.5 Å². The van der Waals surface area contributed by atoms with Gasteiger partial charge in [-0.15, -0.1) is 0 Å². The summed E-state index contributed by atoms with van der Waals surface area (Å²) in [7, 11) is 0. The summed E-state index contributed by atoms with van der Waals surface area (Å²) in [4.78, 5) is 96.8. The van der Waals surface area contributed by atoms with E-state index in [1.54, 1.807) is 0 Å². The van der Waals surface area contributed by atoms with Gasteiger partial charge in [0, 0.05) is 17.7 Å². The second-order valence-electron chi connectivity index (χ2n) is 9.73. The number of benzene rings is 1. The molecule has 0 saturated heterocycles. The van der Waals surface area contributed by atoms with Gasteiger partial charge in [0.15, 0.2) is 11.2 Å². The lowest BCUT2D eigenvalue weighted by molar-refractivity contribution is -0.139. The number of nitroso groups, excluding NO2 is 2. The van der Waals surface area contributed by atoms with Crippen molar-refractivity contribution in [1.82, 2.24) is 30.6 Å². The fourth-order valence-electron chi connectivity index (χ4n) is 4.07. The lowest BCUT2D eigenvalue weighted by Crippen LogP contribution is -2.57. The van der Waals surface area contributed by atoms with Crippen LogP contribution in [0.3, 0.4) is 0 Å². The third kappa shape index (κ3) is 9.03. The van der Waals surface area contributed by atoms with Crippen molar-refractivity contribution in [2.75, 3.05) is 17.6 Å². The minimum atomic E-state index is -2.09. The number of hydrogen-bond donors (Lipinski definition) is 9. The van der Waals surface area contributed by atoms with Gasteiger partial charge < -0.3 is 42.7 Å². The van der Waals surface area contributed by atoms with Crippen LogP contribution in [0.15, 0.2) is 45.6 Å². The van der Waals surface area contributed by atoms with Crippen LogP contribution in [0.4, 0.5) is 11.6 Å². The minimum Gasteiger partial charge on any atom is -0.480 e. The maximum Gasteiger partial charge on any atom is 0.326 e. The van der Waals surface area contributed by atoms with Crippen molar-refractivity contribution < 1.29 is 34.5 Å². The molecule has 0 bridgehead atoms. The summed E-state index contributed by atoms with van der Waals surface area (Å²) in [6.45, 7) is -0.693. The maximum atomic E-state index is 12.7. The van der Waals surface area contributed by atoms with Crippen LogP contribution < -0.4 is 33.0 Å². The quantitative estimate of drug-likeness (QED) is 0.0684. The molecule has 0 aliphatic heterocycles. The molecule has 2 aromatic heterocycles. The normalized spacial score (nSPS) is 14.2.